The molecule has 5 nitrogen and oxygen atoms in total. The average molecular weight is 335 g/mol. The van der Waals surface area contributed by atoms with Gasteiger partial charge >= 0.3 is 5.97 Å². The maximum absolute atomic E-state index is 12.1. The highest BCUT2D eigenvalue weighted by Gasteiger charge is 2.10. The van der Waals surface area contributed by atoms with Crippen LogP contribution in [0.1, 0.15) is 5.56 Å². The van der Waals surface area contributed by atoms with E-state index in [0.717, 1.165) is 5.56 Å². The zero-order valence-corrected chi connectivity index (χ0v) is 13.7. The fraction of sp³-hybridized carbons (Fsp3) is 0.100. The minimum atomic E-state index is -0.358. The number of nitrogens with zero attached hydrogens (tertiary/aromatic N) is 1. The topological polar surface area (TPSA) is 57.7 Å². The molecule has 25 heavy (non-hydrogen) atoms. The van der Waals surface area contributed by atoms with Crippen LogP contribution in [0.4, 0.5) is 0 Å². The summed E-state index contributed by atoms with van der Waals surface area (Å²) in [5, 5.41) is 0. The van der Waals surface area contributed by atoms with Gasteiger partial charge in [-0.2, -0.15) is 0 Å². The van der Waals surface area contributed by atoms with Crippen LogP contribution in [0.5, 0.6) is 23.1 Å². The lowest BCUT2D eigenvalue weighted by Gasteiger charge is -2.09. The highest BCUT2D eigenvalue weighted by molar-refractivity contribution is 5.76. The molecular formula is C20H17NO4. The predicted molar refractivity (Wildman–Crippen MR) is 93.1 cm³/mol. The summed E-state index contributed by atoms with van der Waals surface area (Å²) in [7, 11) is 1.57. The summed E-state index contributed by atoms with van der Waals surface area (Å²) in [5.74, 6) is 1.88. The summed E-state index contributed by atoms with van der Waals surface area (Å²) in [5.41, 5.74) is 0.783. The van der Waals surface area contributed by atoms with Crippen LogP contribution in [0.15, 0.2) is 72.9 Å². The number of hydrogen-bond donors (Lipinski definition) is 0. The van der Waals surface area contributed by atoms with Gasteiger partial charge in [0.15, 0.2) is 0 Å². The Labute approximate surface area is 145 Å². The van der Waals surface area contributed by atoms with Crippen LogP contribution in [0.25, 0.3) is 0 Å². The van der Waals surface area contributed by atoms with E-state index >= 15 is 0 Å². The maximum atomic E-state index is 12.1. The van der Waals surface area contributed by atoms with Gasteiger partial charge in [0, 0.05) is 17.8 Å². The van der Waals surface area contributed by atoms with E-state index in [4.69, 9.17) is 14.2 Å². The van der Waals surface area contributed by atoms with Gasteiger partial charge in [-0.3, -0.25) is 4.79 Å². The largest absolute Gasteiger partial charge is 0.496 e. The Balaban J connectivity index is 1.60. The highest BCUT2D eigenvalue weighted by atomic mass is 16.5. The van der Waals surface area contributed by atoms with Gasteiger partial charge in [0.05, 0.1) is 13.5 Å². The minimum absolute atomic E-state index is 0.135. The van der Waals surface area contributed by atoms with E-state index in [1.165, 1.54) is 0 Å². The monoisotopic (exact) mass is 335 g/mol. The number of methoxy groups -OCH3 is 1. The van der Waals surface area contributed by atoms with Gasteiger partial charge < -0.3 is 14.2 Å². The number of para-hydroxylation sites is 1. The number of hydrogen-bond acceptors (Lipinski definition) is 5. The third-order valence-electron chi connectivity index (χ3n) is 3.44. The summed E-state index contributed by atoms with van der Waals surface area (Å²) in [4.78, 5) is 16.2. The number of rotatable bonds is 6. The number of carbonyl (C=O) groups excluding carboxylic acids is 1. The number of benzene rings is 2. The molecule has 5 heteroatoms. The molecular weight excluding hydrogens is 318 g/mol. The van der Waals surface area contributed by atoms with Gasteiger partial charge in [-0.05, 0) is 36.4 Å². The van der Waals surface area contributed by atoms with Gasteiger partial charge in [-0.15, -0.1) is 0 Å². The van der Waals surface area contributed by atoms with Crippen molar-refractivity contribution in [3.63, 3.8) is 0 Å². The summed E-state index contributed by atoms with van der Waals surface area (Å²) in [6, 6.07) is 19.6. The fourth-order valence-corrected chi connectivity index (χ4v) is 2.28. The van der Waals surface area contributed by atoms with Crippen molar-refractivity contribution in [3.05, 3.63) is 78.5 Å². The minimum Gasteiger partial charge on any atom is -0.496 e. The van der Waals surface area contributed by atoms with Gasteiger partial charge in [0.25, 0.3) is 0 Å². The molecule has 3 aromatic rings. The molecule has 0 aliphatic carbocycles. The molecule has 0 aliphatic heterocycles. The Hall–Kier alpha value is -3.34. The van der Waals surface area contributed by atoms with E-state index < -0.39 is 0 Å². The van der Waals surface area contributed by atoms with E-state index in [0.29, 0.717) is 23.1 Å². The molecule has 2 aromatic carbocycles. The second kappa shape index (κ2) is 7.97. The van der Waals surface area contributed by atoms with Crippen molar-refractivity contribution in [3.8, 4) is 23.1 Å². The molecule has 0 amide bonds. The average Bonchev–Trinajstić information content (AvgIpc) is 2.64. The van der Waals surface area contributed by atoms with Crippen molar-refractivity contribution in [2.45, 2.75) is 6.42 Å². The van der Waals surface area contributed by atoms with E-state index in [1.54, 1.807) is 43.6 Å². The molecule has 0 bridgehead atoms. The van der Waals surface area contributed by atoms with Crippen LogP contribution in [0, 0.1) is 0 Å². The fourth-order valence-electron chi connectivity index (χ4n) is 2.28. The Morgan fingerprint density at radius 2 is 1.64 bits per heavy atom. The molecule has 0 aliphatic rings. The predicted octanol–water partition coefficient (Wildman–Crippen LogP) is 4.03. The number of carbonyl (C=O) groups is 1. The van der Waals surface area contributed by atoms with Crippen LogP contribution in [0.2, 0.25) is 0 Å². The third kappa shape index (κ3) is 4.57. The quantitative estimate of drug-likeness (QED) is 0.503. The Morgan fingerprint density at radius 1 is 0.920 bits per heavy atom. The lowest BCUT2D eigenvalue weighted by atomic mass is 10.1. The Bertz CT molecular complexity index is 832. The number of ether oxygens (including phenoxy) is 3. The molecule has 126 valence electrons. The molecule has 0 unspecified atom stereocenters. The summed E-state index contributed by atoms with van der Waals surface area (Å²) in [6.07, 6.45) is 1.79. The lowest BCUT2D eigenvalue weighted by Crippen LogP contribution is -2.11. The third-order valence-corrected chi connectivity index (χ3v) is 3.44. The van der Waals surface area contributed by atoms with Crippen LogP contribution < -0.4 is 14.2 Å². The molecule has 1 heterocycles. The molecule has 0 radical (unpaired) electrons. The maximum Gasteiger partial charge on any atom is 0.315 e. The summed E-state index contributed by atoms with van der Waals surface area (Å²) < 4.78 is 16.2. The van der Waals surface area contributed by atoms with Crippen molar-refractivity contribution in [1.82, 2.24) is 4.98 Å². The van der Waals surface area contributed by atoms with Gasteiger partial charge in [0.1, 0.15) is 17.2 Å². The van der Waals surface area contributed by atoms with E-state index in [2.05, 4.69) is 4.98 Å². The first kappa shape index (κ1) is 16.5. The van der Waals surface area contributed by atoms with Crippen molar-refractivity contribution < 1.29 is 19.0 Å². The molecule has 3 rings (SSSR count). The molecule has 0 fully saturated rings. The smallest absolute Gasteiger partial charge is 0.315 e. The number of pyridine rings is 1. The van der Waals surface area contributed by atoms with Crippen molar-refractivity contribution in [2.24, 2.45) is 0 Å². The molecule has 0 spiro atoms. The van der Waals surface area contributed by atoms with Gasteiger partial charge in [-0.1, -0.05) is 24.3 Å². The van der Waals surface area contributed by atoms with Crippen molar-refractivity contribution in [2.75, 3.05) is 7.11 Å². The van der Waals surface area contributed by atoms with Crippen LogP contribution >= 0.6 is 0 Å². The lowest BCUT2D eigenvalue weighted by molar-refractivity contribution is -0.133. The Kier molecular flexibility index (Phi) is 5.26. The molecule has 0 atom stereocenters. The van der Waals surface area contributed by atoms with E-state index in [9.17, 15) is 4.79 Å². The van der Waals surface area contributed by atoms with Gasteiger partial charge in [-0.25, -0.2) is 4.98 Å². The standard InChI is InChI=1S/C20H17NO4/c1-23-18-7-3-2-6-15(18)14-20(22)25-17-11-9-16(10-12-17)24-19-8-4-5-13-21-19/h2-13H,14H2,1H3. The van der Waals surface area contributed by atoms with Gasteiger partial charge in [0.2, 0.25) is 5.88 Å². The zero-order valence-electron chi connectivity index (χ0n) is 13.7. The molecule has 0 N–H and O–H groups in total. The molecule has 1 aromatic heterocycles. The zero-order chi connectivity index (χ0) is 17.5. The first-order chi connectivity index (χ1) is 12.2. The first-order valence-electron chi connectivity index (χ1n) is 7.76. The van der Waals surface area contributed by atoms with Crippen molar-refractivity contribution >= 4 is 5.97 Å². The van der Waals surface area contributed by atoms with E-state index in [1.807, 2.05) is 36.4 Å². The Morgan fingerprint density at radius 3 is 2.36 bits per heavy atom. The first-order valence-corrected chi connectivity index (χ1v) is 7.76. The summed E-state index contributed by atoms with van der Waals surface area (Å²) in [6.45, 7) is 0. The second-order valence-corrected chi connectivity index (χ2v) is 5.20. The SMILES string of the molecule is COc1ccccc1CC(=O)Oc1ccc(Oc2ccccn2)cc1. The highest BCUT2D eigenvalue weighted by Crippen LogP contribution is 2.23. The van der Waals surface area contributed by atoms with Crippen LogP contribution in [-0.4, -0.2) is 18.1 Å². The molecule has 0 saturated carbocycles. The number of esters is 1. The van der Waals surface area contributed by atoms with Crippen molar-refractivity contribution in [1.29, 1.82) is 0 Å². The summed E-state index contributed by atoms with van der Waals surface area (Å²) >= 11 is 0. The van der Waals surface area contributed by atoms with E-state index in [-0.39, 0.29) is 12.4 Å². The van der Waals surface area contributed by atoms with Crippen LogP contribution in [0.3, 0.4) is 0 Å². The van der Waals surface area contributed by atoms with Crippen LogP contribution in [-0.2, 0) is 11.2 Å². The number of aromatic nitrogens is 1. The molecule has 0 saturated heterocycles. The normalized spacial score (nSPS) is 10.1. The second-order valence-electron chi connectivity index (χ2n) is 5.20.